The normalized spacial score (nSPS) is 14.6. The Balaban J connectivity index is 2.66. The molecule has 0 saturated carbocycles. The maximum atomic E-state index is 10.2. The van der Waals surface area contributed by atoms with Crippen LogP contribution in [0.2, 0.25) is 0 Å². The van der Waals surface area contributed by atoms with Crippen LogP contribution in [0.1, 0.15) is 30.6 Å². The minimum atomic E-state index is -0.443. The van der Waals surface area contributed by atoms with Crippen molar-refractivity contribution in [3.63, 3.8) is 0 Å². The lowest BCUT2D eigenvalue weighted by Gasteiger charge is -2.19. The summed E-state index contributed by atoms with van der Waals surface area (Å²) in [4.78, 5) is 0. The van der Waals surface area contributed by atoms with E-state index in [2.05, 4.69) is 0 Å². The number of hydrogen-bond donors (Lipinski definition) is 1. The number of aliphatic hydroxyl groups excluding tert-OH is 1. The summed E-state index contributed by atoms with van der Waals surface area (Å²) in [7, 11) is 3.35. The second-order valence-electron chi connectivity index (χ2n) is 4.38. The molecule has 0 aliphatic heterocycles. The molecule has 1 N–H and O–H groups in total. The molecule has 2 atom stereocenters. The summed E-state index contributed by atoms with van der Waals surface area (Å²) in [6.07, 6.45) is 0.411. The van der Waals surface area contributed by atoms with Gasteiger partial charge in [0.15, 0.2) is 0 Å². The van der Waals surface area contributed by atoms with E-state index in [9.17, 15) is 5.11 Å². The molecule has 0 bridgehead atoms. The van der Waals surface area contributed by atoms with Crippen molar-refractivity contribution in [3.8, 4) is 0 Å². The summed E-state index contributed by atoms with van der Waals surface area (Å²) in [6.45, 7) is 3.29. The van der Waals surface area contributed by atoms with Gasteiger partial charge in [0, 0.05) is 20.8 Å². The standard InChI is InChI=1S/C14H22O3/c1-11(7-8-16-2)14(15)13-6-4-5-12(9-13)10-17-3/h4-6,9,11,14-15H,7-8,10H2,1-3H3. The number of methoxy groups -OCH3 is 2. The third-order valence-electron chi connectivity index (χ3n) is 2.92. The van der Waals surface area contributed by atoms with Gasteiger partial charge in [0.05, 0.1) is 12.7 Å². The first-order valence-corrected chi connectivity index (χ1v) is 5.93. The van der Waals surface area contributed by atoms with Gasteiger partial charge >= 0.3 is 0 Å². The number of benzene rings is 1. The minimum absolute atomic E-state index is 0.188. The molecule has 2 unspecified atom stereocenters. The van der Waals surface area contributed by atoms with Gasteiger partial charge in [-0.25, -0.2) is 0 Å². The van der Waals surface area contributed by atoms with Crippen molar-refractivity contribution in [2.45, 2.75) is 26.1 Å². The summed E-state index contributed by atoms with van der Waals surface area (Å²) in [5, 5.41) is 10.2. The molecule has 0 aliphatic carbocycles. The summed E-state index contributed by atoms with van der Waals surface area (Å²) in [5.74, 6) is 0.188. The molecule has 0 fully saturated rings. The first-order valence-electron chi connectivity index (χ1n) is 5.93. The Morgan fingerprint density at radius 2 is 2.00 bits per heavy atom. The van der Waals surface area contributed by atoms with Crippen molar-refractivity contribution in [2.24, 2.45) is 5.92 Å². The van der Waals surface area contributed by atoms with Crippen LogP contribution in [-0.2, 0) is 16.1 Å². The lowest BCUT2D eigenvalue weighted by Crippen LogP contribution is -2.11. The average molecular weight is 238 g/mol. The minimum Gasteiger partial charge on any atom is -0.388 e. The number of rotatable bonds is 7. The smallest absolute Gasteiger partial charge is 0.0816 e. The fourth-order valence-corrected chi connectivity index (χ4v) is 1.82. The summed E-state index contributed by atoms with van der Waals surface area (Å²) in [5.41, 5.74) is 2.03. The molecule has 1 aromatic carbocycles. The highest BCUT2D eigenvalue weighted by molar-refractivity contribution is 5.25. The van der Waals surface area contributed by atoms with Crippen molar-refractivity contribution in [1.82, 2.24) is 0 Å². The molecule has 17 heavy (non-hydrogen) atoms. The van der Waals surface area contributed by atoms with Gasteiger partial charge in [-0.3, -0.25) is 0 Å². The molecule has 0 heterocycles. The predicted molar refractivity (Wildman–Crippen MR) is 67.8 cm³/mol. The molecular formula is C14H22O3. The van der Waals surface area contributed by atoms with Gasteiger partial charge in [-0.2, -0.15) is 0 Å². The molecule has 0 amide bonds. The van der Waals surface area contributed by atoms with Crippen LogP contribution < -0.4 is 0 Å². The van der Waals surface area contributed by atoms with Crippen LogP contribution in [0.25, 0.3) is 0 Å². The molecule has 0 spiro atoms. The van der Waals surface area contributed by atoms with Crippen molar-refractivity contribution in [2.75, 3.05) is 20.8 Å². The van der Waals surface area contributed by atoms with Crippen LogP contribution in [-0.4, -0.2) is 25.9 Å². The number of ether oxygens (including phenoxy) is 2. The first kappa shape index (κ1) is 14.2. The van der Waals surface area contributed by atoms with Crippen molar-refractivity contribution in [1.29, 1.82) is 0 Å². The second kappa shape index (κ2) is 7.43. The molecule has 0 aliphatic rings. The van der Waals surface area contributed by atoms with Gasteiger partial charge in [-0.05, 0) is 23.5 Å². The monoisotopic (exact) mass is 238 g/mol. The Bertz CT molecular complexity index is 325. The van der Waals surface area contributed by atoms with E-state index in [1.165, 1.54) is 0 Å². The van der Waals surface area contributed by atoms with E-state index >= 15 is 0 Å². The third-order valence-corrected chi connectivity index (χ3v) is 2.92. The Labute approximate surface area is 103 Å². The fourth-order valence-electron chi connectivity index (χ4n) is 1.82. The predicted octanol–water partition coefficient (Wildman–Crippen LogP) is 2.54. The number of aliphatic hydroxyl groups is 1. The molecular weight excluding hydrogens is 216 g/mol. The van der Waals surface area contributed by atoms with Crippen molar-refractivity contribution in [3.05, 3.63) is 35.4 Å². The van der Waals surface area contributed by atoms with Crippen LogP contribution >= 0.6 is 0 Å². The van der Waals surface area contributed by atoms with Crippen LogP contribution in [0.15, 0.2) is 24.3 Å². The van der Waals surface area contributed by atoms with Crippen LogP contribution in [0.4, 0.5) is 0 Å². The van der Waals surface area contributed by atoms with Crippen molar-refractivity contribution >= 4 is 0 Å². The zero-order chi connectivity index (χ0) is 12.7. The highest BCUT2D eigenvalue weighted by atomic mass is 16.5. The average Bonchev–Trinajstić information content (AvgIpc) is 2.35. The summed E-state index contributed by atoms with van der Waals surface area (Å²) >= 11 is 0. The van der Waals surface area contributed by atoms with Gasteiger partial charge in [0.1, 0.15) is 0 Å². The molecule has 0 aromatic heterocycles. The van der Waals surface area contributed by atoms with E-state index in [1.54, 1.807) is 14.2 Å². The van der Waals surface area contributed by atoms with E-state index in [0.29, 0.717) is 13.2 Å². The first-order chi connectivity index (χ1) is 8.19. The number of hydrogen-bond acceptors (Lipinski definition) is 3. The molecule has 1 aromatic rings. The van der Waals surface area contributed by atoms with Crippen LogP contribution in [0, 0.1) is 5.92 Å². The maximum absolute atomic E-state index is 10.2. The van der Waals surface area contributed by atoms with E-state index in [-0.39, 0.29) is 5.92 Å². The van der Waals surface area contributed by atoms with Gasteiger partial charge in [0.2, 0.25) is 0 Å². The highest BCUT2D eigenvalue weighted by Crippen LogP contribution is 2.25. The summed E-state index contributed by atoms with van der Waals surface area (Å²) < 4.78 is 10.1. The van der Waals surface area contributed by atoms with Gasteiger partial charge in [0.25, 0.3) is 0 Å². The Kier molecular flexibility index (Phi) is 6.19. The molecule has 1 rings (SSSR count). The second-order valence-corrected chi connectivity index (χ2v) is 4.38. The topological polar surface area (TPSA) is 38.7 Å². The van der Waals surface area contributed by atoms with E-state index in [4.69, 9.17) is 9.47 Å². The van der Waals surface area contributed by atoms with Crippen LogP contribution in [0.3, 0.4) is 0 Å². The van der Waals surface area contributed by atoms with Gasteiger partial charge < -0.3 is 14.6 Å². The third kappa shape index (κ3) is 4.46. The Hall–Kier alpha value is -0.900. The molecule has 0 saturated heterocycles. The summed E-state index contributed by atoms with van der Waals surface area (Å²) in [6, 6.07) is 7.90. The maximum Gasteiger partial charge on any atom is 0.0816 e. The molecule has 3 nitrogen and oxygen atoms in total. The van der Waals surface area contributed by atoms with Gasteiger partial charge in [-0.15, -0.1) is 0 Å². The van der Waals surface area contributed by atoms with E-state index in [1.807, 2.05) is 31.2 Å². The molecule has 96 valence electrons. The SMILES string of the molecule is COCCC(C)C(O)c1cccc(COC)c1. The molecule has 3 heteroatoms. The van der Waals surface area contributed by atoms with Crippen molar-refractivity contribution < 1.29 is 14.6 Å². The van der Waals surface area contributed by atoms with Gasteiger partial charge in [-0.1, -0.05) is 31.2 Å². The Morgan fingerprint density at radius 1 is 1.24 bits per heavy atom. The fraction of sp³-hybridized carbons (Fsp3) is 0.571. The lowest BCUT2D eigenvalue weighted by atomic mass is 9.94. The quantitative estimate of drug-likeness (QED) is 0.793. The Morgan fingerprint density at radius 3 is 2.65 bits per heavy atom. The van der Waals surface area contributed by atoms with E-state index in [0.717, 1.165) is 17.5 Å². The zero-order valence-corrected chi connectivity index (χ0v) is 10.8. The lowest BCUT2D eigenvalue weighted by molar-refractivity contribution is 0.0884. The highest BCUT2D eigenvalue weighted by Gasteiger charge is 2.16. The largest absolute Gasteiger partial charge is 0.388 e. The van der Waals surface area contributed by atoms with E-state index < -0.39 is 6.10 Å². The molecule has 0 radical (unpaired) electrons. The van der Waals surface area contributed by atoms with Crippen LogP contribution in [0.5, 0.6) is 0 Å². The zero-order valence-electron chi connectivity index (χ0n) is 10.8.